The van der Waals surface area contributed by atoms with Crippen LogP contribution in [-0.2, 0) is 0 Å². The van der Waals surface area contributed by atoms with Gasteiger partial charge in [0.1, 0.15) is 0 Å². The van der Waals surface area contributed by atoms with E-state index in [1.165, 1.54) is 0 Å². The molecule has 0 bridgehead atoms. The molecule has 98 valence electrons. The number of hydrogen-bond acceptors (Lipinski definition) is 2. The number of carbonyl (C=O) groups is 1. The zero-order valence-electron chi connectivity index (χ0n) is 10.4. The third-order valence-corrected chi connectivity index (χ3v) is 3.33. The highest BCUT2D eigenvalue weighted by molar-refractivity contribution is 6.30. The minimum absolute atomic E-state index is 0.0477. The molecule has 0 radical (unpaired) electrons. The lowest BCUT2D eigenvalue weighted by atomic mass is 10.3. The fourth-order valence-corrected chi connectivity index (χ4v) is 2.17. The number of halogens is 1. The third-order valence-electron chi connectivity index (χ3n) is 3.08. The molecule has 1 saturated heterocycles. The molecule has 1 atom stereocenters. The normalized spacial score (nSPS) is 20.3. The molecule has 2 N–H and O–H groups in total. The number of hydrogen-bond donors (Lipinski definition) is 2. The van der Waals surface area contributed by atoms with Crippen LogP contribution in [-0.4, -0.2) is 36.6 Å². The van der Waals surface area contributed by atoms with Crippen LogP contribution in [0.4, 0.5) is 10.5 Å². The molecule has 1 aromatic rings. The summed E-state index contributed by atoms with van der Waals surface area (Å²) in [4.78, 5) is 14.0. The van der Waals surface area contributed by atoms with Crippen molar-refractivity contribution < 1.29 is 4.79 Å². The Morgan fingerprint density at radius 2 is 2.17 bits per heavy atom. The molecule has 0 aromatic heterocycles. The van der Waals surface area contributed by atoms with Crippen molar-refractivity contribution in [2.45, 2.75) is 19.4 Å². The maximum absolute atomic E-state index is 12.2. The van der Waals surface area contributed by atoms with E-state index in [0.29, 0.717) is 5.02 Å². The zero-order chi connectivity index (χ0) is 13.0. The molecule has 5 heteroatoms. The lowest BCUT2D eigenvalue weighted by Crippen LogP contribution is -2.43. The summed E-state index contributed by atoms with van der Waals surface area (Å²) in [7, 11) is 0. The topological polar surface area (TPSA) is 44.4 Å². The van der Waals surface area contributed by atoms with Crippen LogP contribution in [0.15, 0.2) is 24.3 Å². The number of rotatable bonds is 1. The Morgan fingerprint density at radius 1 is 1.44 bits per heavy atom. The summed E-state index contributed by atoms with van der Waals surface area (Å²) >= 11 is 5.81. The number of nitrogens with one attached hydrogen (secondary N) is 2. The Balaban J connectivity index is 1.99. The first kappa shape index (κ1) is 13.2. The van der Waals surface area contributed by atoms with Crippen molar-refractivity contribution in [1.29, 1.82) is 0 Å². The predicted molar refractivity (Wildman–Crippen MR) is 74.1 cm³/mol. The average Bonchev–Trinajstić information content (AvgIpc) is 2.57. The van der Waals surface area contributed by atoms with Crippen molar-refractivity contribution in [3.63, 3.8) is 0 Å². The van der Waals surface area contributed by atoms with E-state index in [1.54, 1.807) is 24.3 Å². The molecule has 1 fully saturated rings. The molecule has 2 rings (SSSR count). The molecule has 1 unspecified atom stereocenters. The van der Waals surface area contributed by atoms with E-state index >= 15 is 0 Å². The molecule has 4 nitrogen and oxygen atoms in total. The number of anilines is 1. The Bertz CT molecular complexity index is 407. The molecule has 1 aliphatic heterocycles. The molecular weight excluding hydrogens is 250 g/mol. The highest BCUT2D eigenvalue weighted by atomic mass is 35.5. The molecule has 0 saturated carbocycles. The van der Waals surface area contributed by atoms with E-state index in [2.05, 4.69) is 17.6 Å². The van der Waals surface area contributed by atoms with Crippen LogP contribution in [0.25, 0.3) is 0 Å². The van der Waals surface area contributed by atoms with E-state index in [0.717, 1.165) is 31.7 Å². The van der Waals surface area contributed by atoms with Gasteiger partial charge in [0.25, 0.3) is 0 Å². The average molecular weight is 268 g/mol. The van der Waals surface area contributed by atoms with Gasteiger partial charge in [-0.2, -0.15) is 0 Å². The van der Waals surface area contributed by atoms with E-state index in [1.807, 2.05) is 4.90 Å². The second-order valence-corrected chi connectivity index (χ2v) is 4.97. The van der Waals surface area contributed by atoms with E-state index in [-0.39, 0.29) is 12.1 Å². The summed E-state index contributed by atoms with van der Waals surface area (Å²) in [5.74, 6) is 0. The minimum atomic E-state index is -0.0477. The van der Waals surface area contributed by atoms with E-state index in [4.69, 9.17) is 11.6 Å². The Kier molecular flexibility index (Phi) is 4.44. The second kappa shape index (κ2) is 6.07. The Hall–Kier alpha value is -1.26. The monoisotopic (exact) mass is 267 g/mol. The van der Waals surface area contributed by atoms with Gasteiger partial charge in [0.15, 0.2) is 0 Å². The van der Waals surface area contributed by atoms with E-state index in [9.17, 15) is 4.79 Å². The van der Waals surface area contributed by atoms with Gasteiger partial charge in [-0.15, -0.1) is 0 Å². The minimum Gasteiger partial charge on any atom is -0.321 e. The van der Waals surface area contributed by atoms with Crippen LogP contribution < -0.4 is 10.6 Å². The summed E-state index contributed by atoms with van der Waals surface area (Å²) < 4.78 is 0. The van der Waals surface area contributed by atoms with Crippen molar-refractivity contribution in [3.8, 4) is 0 Å². The van der Waals surface area contributed by atoms with Crippen LogP contribution in [0.3, 0.4) is 0 Å². The van der Waals surface area contributed by atoms with Gasteiger partial charge in [-0.25, -0.2) is 4.79 Å². The first-order valence-electron chi connectivity index (χ1n) is 6.21. The van der Waals surface area contributed by atoms with Crippen LogP contribution in [0.2, 0.25) is 5.02 Å². The summed E-state index contributed by atoms with van der Waals surface area (Å²) in [6, 6.07) is 7.31. The Morgan fingerprint density at radius 3 is 2.89 bits per heavy atom. The van der Waals surface area contributed by atoms with Crippen LogP contribution in [0.5, 0.6) is 0 Å². The summed E-state index contributed by atoms with van der Waals surface area (Å²) in [5.41, 5.74) is 0.772. The second-order valence-electron chi connectivity index (χ2n) is 4.54. The molecule has 1 aromatic carbocycles. The van der Waals surface area contributed by atoms with Gasteiger partial charge in [-0.05, 0) is 44.2 Å². The van der Waals surface area contributed by atoms with Crippen molar-refractivity contribution in [2.75, 3.05) is 25.0 Å². The molecule has 18 heavy (non-hydrogen) atoms. The number of urea groups is 1. The maximum Gasteiger partial charge on any atom is 0.322 e. The lowest BCUT2D eigenvalue weighted by molar-refractivity contribution is 0.197. The summed E-state index contributed by atoms with van der Waals surface area (Å²) in [6.07, 6.45) is 0.985. The molecule has 1 aliphatic rings. The smallest absolute Gasteiger partial charge is 0.321 e. The summed E-state index contributed by atoms with van der Waals surface area (Å²) in [6.45, 7) is 4.65. The number of benzene rings is 1. The van der Waals surface area contributed by atoms with Crippen molar-refractivity contribution >= 4 is 23.3 Å². The van der Waals surface area contributed by atoms with Gasteiger partial charge in [0.2, 0.25) is 0 Å². The molecule has 1 heterocycles. The van der Waals surface area contributed by atoms with Crippen molar-refractivity contribution in [2.24, 2.45) is 0 Å². The van der Waals surface area contributed by atoms with Crippen LogP contribution >= 0.6 is 11.6 Å². The van der Waals surface area contributed by atoms with Gasteiger partial charge in [0, 0.05) is 29.8 Å². The van der Waals surface area contributed by atoms with Crippen LogP contribution in [0, 0.1) is 0 Å². The van der Waals surface area contributed by atoms with Gasteiger partial charge in [0.05, 0.1) is 0 Å². The number of nitrogens with zero attached hydrogens (tertiary/aromatic N) is 1. The fraction of sp³-hybridized carbons (Fsp3) is 0.462. The third kappa shape index (κ3) is 3.37. The molecule has 2 amide bonds. The van der Waals surface area contributed by atoms with Gasteiger partial charge in [-0.1, -0.05) is 11.6 Å². The quantitative estimate of drug-likeness (QED) is 0.821. The molecule has 0 spiro atoms. The first-order valence-corrected chi connectivity index (χ1v) is 6.58. The largest absolute Gasteiger partial charge is 0.322 e. The summed E-state index contributed by atoms with van der Waals surface area (Å²) in [5, 5.41) is 6.88. The zero-order valence-corrected chi connectivity index (χ0v) is 11.2. The van der Waals surface area contributed by atoms with Crippen molar-refractivity contribution in [1.82, 2.24) is 10.2 Å². The SMILES string of the molecule is CC1CNCCCN1C(=O)Nc1ccc(Cl)cc1. The molecule has 0 aliphatic carbocycles. The van der Waals surface area contributed by atoms with Gasteiger partial charge < -0.3 is 15.5 Å². The van der Waals surface area contributed by atoms with E-state index < -0.39 is 0 Å². The highest BCUT2D eigenvalue weighted by Crippen LogP contribution is 2.15. The Labute approximate surface area is 112 Å². The van der Waals surface area contributed by atoms with Crippen LogP contribution in [0.1, 0.15) is 13.3 Å². The van der Waals surface area contributed by atoms with Gasteiger partial charge in [-0.3, -0.25) is 0 Å². The lowest BCUT2D eigenvalue weighted by Gasteiger charge is -2.27. The highest BCUT2D eigenvalue weighted by Gasteiger charge is 2.21. The maximum atomic E-state index is 12.2. The number of amides is 2. The van der Waals surface area contributed by atoms with Gasteiger partial charge >= 0.3 is 6.03 Å². The first-order chi connectivity index (χ1) is 8.66. The van der Waals surface area contributed by atoms with Crippen molar-refractivity contribution in [3.05, 3.63) is 29.3 Å². The predicted octanol–water partition coefficient (Wildman–Crippen LogP) is 2.56. The molecular formula is C13H18ClN3O. The fourth-order valence-electron chi connectivity index (χ4n) is 2.05. The number of carbonyl (C=O) groups excluding carboxylic acids is 1. The standard InChI is InChI=1S/C13H18ClN3O/c1-10-9-15-7-2-8-17(10)13(18)16-12-5-3-11(14)4-6-12/h3-6,10,15H,2,7-9H2,1H3,(H,16,18).